The van der Waals surface area contributed by atoms with Crippen molar-refractivity contribution in [3.05, 3.63) is 35.4 Å². The van der Waals surface area contributed by atoms with Gasteiger partial charge >= 0.3 is 0 Å². The lowest BCUT2D eigenvalue weighted by molar-refractivity contribution is 0.0534. The summed E-state index contributed by atoms with van der Waals surface area (Å²) in [5, 5.41) is 3.44. The summed E-state index contributed by atoms with van der Waals surface area (Å²) in [6.07, 6.45) is 4.03. The van der Waals surface area contributed by atoms with Crippen molar-refractivity contribution in [3.8, 4) is 0 Å². The van der Waals surface area contributed by atoms with Gasteiger partial charge in [0.25, 0.3) is 0 Å². The van der Waals surface area contributed by atoms with Crippen LogP contribution in [0.25, 0.3) is 0 Å². The standard InChI is InChI=1S/C18H29NO/c1-18(2,3)15-10-6-13(7-11-15)12-16(19-4)17(20-5)14-8-9-14/h6-7,10-11,14,16-17,19H,8-9,12H2,1-5H3. The average Bonchev–Trinajstić information content (AvgIpc) is 3.22. The lowest BCUT2D eigenvalue weighted by Crippen LogP contribution is -2.42. The molecule has 0 aliphatic heterocycles. The Hall–Kier alpha value is -0.860. The molecular weight excluding hydrogens is 246 g/mol. The molecule has 1 fully saturated rings. The fourth-order valence-corrected chi connectivity index (χ4v) is 2.89. The highest BCUT2D eigenvalue weighted by atomic mass is 16.5. The van der Waals surface area contributed by atoms with Gasteiger partial charge in [0, 0.05) is 13.2 Å². The molecule has 1 aromatic rings. The van der Waals surface area contributed by atoms with E-state index < -0.39 is 0 Å². The zero-order valence-corrected chi connectivity index (χ0v) is 13.6. The molecule has 1 N–H and O–H groups in total. The second-order valence-electron chi connectivity index (χ2n) is 7.08. The molecule has 0 aromatic heterocycles. The highest BCUT2D eigenvalue weighted by molar-refractivity contribution is 5.28. The van der Waals surface area contributed by atoms with E-state index in [0.717, 1.165) is 12.3 Å². The first kappa shape index (κ1) is 15.5. The minimum absolute atomic E-state index is 0.226. The molecule has 0 saturated heterocycles. The van der Waals surface area contributed by atoms with Crippen molar-refractivity contribution < 1.29 is 4.74 Å². The van der Waals surface area contributed by atoms with Crippen molar-refractivity contribution in [1.82, 2.24) is 5.32 Å². The number of hydrogen-bond acceptors (Lipinski definition) is 2. The summed E-state index contributed by atoms with van der Waals surface area (Å²) in [5.41, 5.74) is 3.01. The van der Waals surface area contributed by atoms with Crippen LogP contribution in [0.15, 0.2) is 24.3 Å². The van der Waals surface area contributed by atoms with Gasteiger partial charge in [-0.3, -0.25) is 0 Å². The van der Waals surface area contributed by atoms with E-state index in [2.05, 4.69) is 50.4 Å². The summed E-state index contributed by atoms with van der Waals surface area (Å²) in [6, 6.07) is 9.48. The van der Waals surface area contributed by atoms with E-state index >= 15 is 0 Å². The molecule has 1 aliphatic carbocycles. The van der Waals surface area contributed by atoms with Crippen LogP contribution in [0, 0.1) is 5.92 Å². The van der Waals surface area contributed by atoms with Crippen LogP contribution in [-0.2, 0) is 16.6 Å². The van der Waals surface area contributed by atoms with E-state index in [1.54, 1.807) is 0 Å². The molecule has 0 heterocycles. The molecule has 2 unspecified atom stereocenters. The Morgan fingerprint density at radius 2 is 1.80 bits per heavy atom. The number of benzene rings is 1. The number of methoxy groups -OCH3 is 1. The van der Waals surface area contributed by atoms with Crippen molar-refractivity contribution in [3.63, 3.8) is 0 Å². The maximum Gasteiger partial charge on any atom is 0.0755 e. The largest absolute Gasteiger partial charge is 0.380 e. The van der Waals surface area contributed by atoms with Crippen LogP contribution in [0.2, 0.25) is 0 Å². The van der Waals surface area contributed by atoms with Crippen molar-refractivity contribution >= 4 is 0 Å². The molecule has 0 bridgehead atoms. The van der Waals surface area contributed by atoms with Crippen LogP contribution in [0.1, 0.15) is 44.7 Å². The second kappa shape index (κ2) is 6.28. The van der Waals surface area contributed by atoms with E-state index in [-0.39, 0.29) is 5.41 Å². The Morgan fingerprint density at radius 1 is 1.20 bits per heavy atom. The Bertz CT molecular complexity index is 414. The zero-order chi connectivity index (χ0) is 14.8. The topological polar surface area (TPSA) is 21.3 Å². The van der Waals surface area contributed by atoms with Crippen LogP contribution in [0.4, 0.5) is 0 Å². The third-order valence-corrected chi connectivity index (χ3v) is 4.40. The van der Waals surface area contributed by atoms with Gasteiger partial charge in [-0.1, -0.05) is 45.0 Å². The SMILES string of the molecule is CNC(Cc1ccc(C(C)(C)C)cc1)C(OC)C1CC1. The predicted octanol–water partition coefficient (Wildman–Crippen LogP) is 3.54. The third kappa shape index (κ3) is 3.83. The fraction of sp³-hybridized carbons (Fsp3) is 0.667. The van der Waals surface area contributed by atoms with Crippen molar-refractivity contribution in [1.29, 1.82) is 0 Å². The van der Waals surface area contributed by atoms with Gasteiger partial charge in [0.1, 0.15) is 0 Å². The molecule has 20 heavy (non-hydrogen) atoms. The minimum Gasteiger partial charge on any atom is -0.380 e. The maximum absolute atomic E-state index is 5.71. The number of nitrogens with one attached hydrogen (secondary N) is 1. The van der Waals surface area contributed by atoms with Gasteiger partial charge in [-0.05, 0) is 48.8 Å². The Morgan fingerprint density at radius 3 is 2.20 bits per heavy atom. The van der Waals surface area contributed by atoms with Crippen LogP contribution >= 0.6 is 0 Å². The third-order valence-electron chi connectivity index (χ3n) is 4.40. The second-order valence-corrected chi connectivity index (χ2v) is 7.08. The van der Waals surface area contributed by atoms with Gasteiger partial charge in [-0.25, -0.2) is 0 Å². The number of rotatable bonds is 6. The molecular formula is C18H29NO. The van der Waals surface area contributed by atoms with Gasteiger partial charge in [-0.2, -0.15) is 0 Å². The van der Waals surface area contributed by atoms with E-state index in [0.29, 0.717) is 12.1 Å². The number of ether oxygens (including phenoxy) is 1. The van der Waals surface area contributed by atoms with E-state index in [1.165, 1.54) is 24.0 Å². The van der Waals surface area contributed by atoms with Gasteiger partial charge in [0.05, 0.1) is 6.10 Å². The molecule has 2 heteroatoms. The molecule has 0 spiro atoms. The van der Waals surface area contributed by atoms with E-state index in [9.17, 15) is 0 Å². The normalized spacial score (nSPS) is 18.9. The molecule has 1 saturated carbocycles. The first-order valence-electron chi connectivity index (χ1n) is 7.75. The quantitative estimate of drug-likeness (QED) is 0.857. The summed E-state index contributed by atoms with van der Waals surface area (Å²) in [4.78, 5) is 0. The van der Waals surface area contributed by atoms with E-state index in [1.807, 2.05) is 14.2 Å². The molecule has 112 valence electrons. The summed E-state index contributed by atoms with van der Waals surface area (Å²) < 4.78 is 5.71. The fourth-order valence-electron chi connectivity index (χ4n) is 2.89. The highest BCUT2D eigenvalue weighted by Gasteiger charge is 2.36. The summed E-state index contributed by atoms with van der Waals surface area (Å²) in [7, 11) is 3.89. The van der Waals surface area contributed by atoms with Crippen molar-refractivity contribution in [2.75, 3.05) is 14.2 Å². The molecule has 0 amide bonds. The van der Waals surface area contributed by atoms with Crippen molar-refractivity contribution in [2.24, 2.45) is 5.92 Å². The Labute approximate surface area is 123 Å². The number of likely N-dealkylation sites (N-methyl/N-ethyl adjacent to an activating group) is 1. The first-order chi connectivity index (χ1) is 9.45. The van der Waals surface area contributed by atoms with Crippen LogP contribution < -0.4 is 5.32 Å². The highest BCUT2D eigenvalue weighted by Crippen LogP contribution is 2.36. The van der Waals surface area contributed by atoms with Gasteiger partial charge in [0.2, 0.25) is 0 Å². The summed E-state index contributed by atoms with van der Waals surface area (Å²) >= 11 is 0. The van der Waals surface area contributed by atoms with Crippen LogP contribution in [0.5, 0.6) is 0 Å². The first-order valence-corrected chi connectivity index (χ1v) is 7.75. The summed E-state index contributed by atoms with van der Waals surface area (Å²) in [6.45, 7) is 6.77. The van der Waals surface area contributed by atoms with Crippen molar-refractivity contribution in [2.45, 2.75) is 57.6 Å². The predicted molar refractivity (Wildman–Crippen MR) is 85.2 cm³/mol. The monoisotopic (exact) mass is 275 g/mol. The molecule has 0 radical (unpaired) electrons. The zero-order valence-electron chi connectivity index (χ0n) is 13.6. The lowest BCUT2D eigenvalue weighted by atomic mass is 9.86. The molecule has 1 aromatic carbocycles. The Balaban J connectivity index is 2.03. The number of hydrogen-bond donors (Lipinski definition) is 1. The smallest absolute Gasteiger partial charge is 0.0755 e. The molecule has 2 atom stereocenters. The van der Waals surface area contributed by atoms with E-state index in [4.69, 9.17) is 4.74 Å². The summed E-state index contributed by atoms with van der Waals surface area (Å²) in [5.74, 6) is 0.756. The van der Waals surface area contributed by atoms with Crippen LogP contribution in [-0.4, -0.2) is 26.3 Å². The molecule has 1 aliphatic rings. The molecule has 2 rings (SSSR count). The lowest BCUT2D eigenvalue weighted by Gasteiger charge is -2.26. The van der Waals surface area contributed by atoms with Gasteiger partial charge < -0.3 is 10.1 Å². The molecule has 2 nitrogen and oxygen atoms in total. The van der Waals surface area contributed by atoms with Gasteiger partial charge in [-0.15, -0.1) is 0 Å². The van der Waals surface area contributed by atoms with Gasteiger partial charge in [0.15, 0.2) is 0 Å². The Kier molecular flexibility index (Phi) is 4.87. The maximum atomic E-state index is 5.71. The average molecular weight is 275 g/mol. The minimum atomic E-state index is 0.226. The van der Waals surface area contributed by atoms with Crippen LogP contribution in [0.3, 0.4) is 0 Å².